The van der Waals surface area contributed by atoms with Crippen molar-refractivity contribution in [1.29, 1.82) is 0 Å². The standard InChI is InChI=1S/C9H16BrNO2/c1-7(4-10)5-11-9(12)8-2-3-13-6-8/h7-8H,2-6H2,1H3,(H,11,12). The molecule has 2 atom stereocenters. The molecule has 3 nitrogen and oxygen atoms in total. The molecular weight excluding hydrogens is 234 g/mol. The zero-order chi connectivity index (χ0) is 9.68. The molecular formula is C9H16BrNO2. The SMILES string of the molecule is CC(CBr)CNC(=O)C1CCOC1. The molecule has 13 heavy (non-hydrogen) atoms. The number of carbonyl (C=O) groups excluding carboxylic acids is 1. The Morgan fingerprint density at radius 2 is 2.54 bits per heavy atom. The van der Waals surface area contributed by atoms with Crippen LogP contribution in [0.25, 0.3) is 0 Å². The lowest BCUT2D eigenvalue weighted by Crippen LogP contribution is -2.34. The summed E-state index contributed by atoms with van der Waals surface area (Å²) in [5, 5.41) is 3.85. The first-order valence-corrected chi connectivity index (χ1v) is 5.77. The number of rotatable bonds is 4. The van der Waals surface area contributed by atoms with Gasteiger partial charge < -0.3 is 10.1 Å². The molecule has 0 aromatic carbocycles. The number of hydrogen-bond acceptors (Lipinski definition) is 2. The smallest absolute Gasteiger partial charge is 0.225 e. The molecule has 0 aromatic heterocycles. The van der Waals surface area contributed by atoms with E-state index in [9.17, 15) is 4.79 Å². The van der Waals surface area contributed by atoms with E-state index < -0.39 is 0 Å². The largest absolute Gasteiger partial charge is 0.381 e. The molecule has 4 heteroatoms. The highest BCUT2D eigenvalue weighted by atomic mass is 79.9. The molecule has 1 heterocycles. The van der Waals surface area contributed by atoms with Gasteiger partial charge in [0.05, 0.1) is 12.5 Å². The van der Waals surface area contributed by atoms with Crippen molar-refractivity contribution in [1.82, 2.24) is 5.32 Å². The zero-order valence-corrected chi connectivity index (χ0v) is 9.47. The predicted molar refractivity (Wildman–Crippen MR) is 54.9 cm³/mol. The molecule has 0 aliphatic carbocycles. The highest BCUT2D eigenvalue weighted by molar-refractivity contribution is 9.09. The summed E-state index contributed by atoms with van der Waals surface area (Å²) in [6.45, 7) is 4.17. The van der Waals surface area contributed by atoms with Gasteiger partial charge in [-0.15, -0.1) is 0 Å². The predicted octanol–water partition coefficient (Wildman–Crippen LogP) is 1.17. The second kappa shape index (κ2) is 5.60. The van der Waals surface area contributed by atoms with Crippen molar-refractivity contribution >= 4 is 21.8 Å². The summed E-state index contributed by atoms with van der Waals surface area (Å²) < 4.78 is 5.14. The van der Waals surface area contributed by atoms with Crippen LogP contribution < -0.4 is 5.32 Å². The number of nitrogens with one attached hydrogen (secondary N) is 1. The molecule has 0 radical (unpaired) electrons. The van der Waals surface area contributed by atoms with Crippen molar-refractivity contribution in [2.24, 2.45) is 11.8 Å². The Bertz CT molecular complexity index is 169. The molecule has 0 aromatic rings. The minimum Gasteiger partial charge on any atom is -0.381 e. The summed E-state index contributed by atoms with van der Waals surface area (Å²) in [4.78, 5) is 11.5. The van der Waals surface area contributed by atoms with E-state index in [-0.39, 0.29) is 11.8 Å². The molecule has 2 unspecified atom stereocenters. The summed E-state index contributed by atoms with van der Waals surface area (Å²) >= 11 is 3.37. The second-order valence-corrected chi connectivity index (χ2v) is 4.21. The van der Waals surface area contributed by atoms with Crippen molar-refractivity contribution in [2.45, 2.75) is 13.3 Å². The van der Waals surface area contributed by atoms with Crippen molar-refractivity contribution in [3.63, 3.8) is 0 Å². The fourth-order valence-corrected chi connectivity index (χ4v) is 1.44. The van der Waals surface area contributed by atoms with Crippen molar-refractivity contribution in [3.8, 4) is 0 Å². The summed E-state index contributed by atoms with van der Waals surface area (Å²) in [7, 11) is 0. The summed E-state index contributed by atoms with van der Waals surface area (Å²) in [6.07, 6.45) is 0.870. The lowest BCUT2D eigenvalue weighted by molar-refractivity contribution is -0.125. The van der Waals surface area contributed by atoms with E-state index in [1.165, 1.54) is 0 Å². The maximum Gasteiger partial charge on any atom is 0.225 e. The highest BCUT2D eigenvalue weighted by Crippen LogP contribution is 2.12. The Hall–Kier alpha value is -0.0900. The third-order valence-electron chi connectivity index (χ3n) is 2.19. The van der Waals surface area contributed by atoms with E-state index in [4.69, 9.17) is 4.74 Å². The molecule has 1 N–H and O–H groups in total. The minimum absolute atomic E-state index is 0.0857. The molecule has 1 amide bonds. The first-order valence-electron chi connectivity index (χ1n) is 4.65. The van der Waals surface area contributed by atoms with Crippen molar-refractivity contribution in [3.05, 3.63) is 0 Å². The first kappa shape index (κ1) is 11.0. The van der Waals surface area contributed by atoms with Crippen LogP contribution in [-0.4, -0.2) is 31.0 Å². The number of amides is 1. The number of carbonyl (C=O) groups is 1. The Labute approximate surface area is 87.3 Å². The molecule has 1 aliphatic rings. The van der Waals surface area contributed by atoms with Crippen molar-refractivity contribution in [2.75, 3.05) is 25.1 Å². The van der Waals surface area contributed by atoms with Crippen LogP contribution in [0.1, 0.15) is 13.3 Å². The molecule has 1 fully saturated rings. The van der Waals surface area contributed by atoms with E-state index in [1.807, 2.05) is 0 Å². The van der Waals surface area contributed by atoms with Crippen LogP contribution in [0.3, 0.4) is 0 Å². The normalized spacial score (nSPS) is 24.3. The molecule has 1 rings (SSSR count). The Balaban J connectivity index is 2.16. The van der Waals surface area contributed by atoms with Crippen LogP contribution in [0, 0.1) is 11.8 Å². The molecule has 0 spiro atoms. The summed E-state index contributed by atoms with van der Waals surface area (Å²) in [5.74, 6) is 0.721. The van der Waals surface area contributed by atoms with Gasteiger partial charge in [0, 0.05) is 18.5 Å². The van der Waals surface area contributed by atoms with E-state index in [0.717, 1.165) is 24.9 Å². The minimum atomic E-state index is 0.0857. The van der Waals surface area contributed by atoms with Crippen molar-refractivity contribution < 1.29 is 9.53 Å². The van der Waals surface area contributed by atoms with E-state index in [2.05, 4.69) is 28.2 Å². The fourth-order valence-electron chi connectivity index (χ4n) is 1.22. The fraction of sp³-hybridized carbons (Fsp3) is 0.889. The quantitative estimate of drug-likeness (QED) is 0.760. The van der Waals surface area contributed by atoms with Gasteiger partial charge in [-0.3, -0.25) is 4.79 Å². The van der Waals surface area contributed by atoms with Gasteiger partial charge in [0.2, 0.25) is 5.91 Å². The number of hydrogen-bond donors (Lipinski definition) is 1. The maximum atomic E-state index is 11.5. The summed E-state index contributed by atoms with van der Waals surface area (Å²) in [6, 6.07) is 0. The average Bonchev–Trinajstić information content (AvgIpc) is 2.66. The molecule has 0 bridgehead atoms. The van der Waals surface area contributed by atoms with Gasteiger partial charge in [0.15, 0.2) is 0 Å². The Morgan fingerprint density at radius 3 is 3.08 bits per heavy atom. The van der Waals surface area contributed by atoms with Crippen LogP contribution in [-0.2, 0) is 9.53 Å². The first-order chi connectivity index (χ1) is 6.24. The topological polar surface area (TPSA) is 38.3 Å². The summed E-state index contributed by atoms with van der Waals surface area (Å²) in [5.41, 5.74) is 0. The highest BCUT2D eigenvalue weighted by Gasteiger charge is 2.23. The van der Waals surface area contributed by atoms with Gasteiger partial charge in [-0.1, -0.05) is 22.9 Å². The number of alkyl halides is 1. The maximum absolute atomic E-state index is 11.5. The lowest BCUT2D eigenvalue weighted by atomic mass is 10.1. The van der Waals surface area contributed by atoms with Gasteiger partial charge in [0.25, 0.3) is 0 Å². The number of ether oxygens (including phenoxy) is 1. The third-order valence-corrected chi connectivity index (χ3v) is 3.29. The van der Waals surface area contributed by atoms with Gasteiger partial charge in [0.1, 0.15) is 0 Å². The second-order valence-electron chi connectivity index (χ2n) is 3.57. The van der Waals surface area contributed by atoms with E-state index in [0.29, 0.717) is 12.5 Å². The monoisotopic (exact) mass is 249 g/mol. The lowest BCUT2D eigenvalue weighted by Gasteiger charge is -2.12. The van der Waals surface area contributed by atoms with Gasteiger partial charge >= 0.3 is 0 Å². The van der Waals surface area contributed by atoms with Gasteiger partial charge in [-0.05, 0) is 12.3 Å². The van der Waals surface area contributed by atoms with Gasteiger partial charge in [-0.2, -0.15) is 0 Å². The van der Waals surface area contributed by atoms with E-state index in [1.54, 1.807) is 0 Å². The molecule has 76 valence electrons. The van der Waals surface area contributed by atoms with Crippen LogP contribution in [0.4, 0.5) is 0 Å². The number of halogens is 1. The van der Waals surface area contributed by atoms with Crippen LogP contribution in [0.5, 0.6) is 0 Å². The Morgan fingerprint density at radius 1 is 1.77 bits per heavy atom. The van der Waals surface area contributed by atoms with Crippen LogP contribution in [0.15, 0.2) is 0 Å². The average molecular weight is 250 g/mol. The van der Waals surface area contributed by atoms with Crippen LogP contribution >= 0.6 is 15.9 Å². The molecule has 1 saturated heterocycles. The van der Waals surface area contributed by atoms with Crippen LogP contribution in [0.2, 0.25) is 0 Å². The Kier molecular flexibility index (Phi) is 4.73. The molecule has 0 saturated carbocycles. The van der Waals surface area contributed by atoms with Gasteiger partial charge in [-0.25, -0.2) is 0 Å². The molecule has 1 aliphatic heterocycles. The third kappa shape index (κ3) is 3.65. The zero-order valence-electron chi connectivity index (χ0n) is 7.88. The van der Waals surface area contributed by atoms with E-state index >= 15 is 0 Å².